The van der Waals surface area contributed by atoms with E-state index in [0.717, 1.165) is 4.90 Å². The van der Waals surface area contributed by atoms with E-state index < -0.39 is 36.5 Å². The van der Waals surface area contributed by atoms with E-state index in [1.165, 1.54) is 11.8 Å². The van der Waals surface area contributed by atoms with Crippen LogP contribution in [0.25, 0.3) is 0 Å². The van der Waals surface area contributed by atoms with Crippen LogP contribution >= 0.6 is 24.2 Å². The number of hydrogen-bond acceptors (Lipinski definition) is 7. The third kappa shape index (κ3) is 3.76. The number of aliphatic hydroxyl groups is 4. The monoisotopic (exact) mass is 323 g/mol. The van der Waals surface area contributed by atoms with Crippen molar-refractivity contribution in [1.29, 1.82) is 0 Å². The molecule has 20 heavy (non-hydrogen) atoms. The third-order valence-electron chi connectivity index (χ3n) is 2.98. The Morgan fingerprint density at radius 1 is 1.05 bits per heavy atom. The molecule has 0 radical (unpaired) electrons. The second-order valence-corrected chi connectivity index (χ2v) is 5.56. The SMILES string of the molecule is Cl.Nc1ccc(S[C@@H]2OC(CO)[C@@H](O)[C@@H](O)C2O)cc1. The van der Waals surface area contributed by atoms with Gasteiger partial charge in [0.05, 0.1) is 6.61 Å². The minimum absolute atomic E-state index is 0. The molecule has 1 aliphatic rings. The van der Waals surface area contributed by atoms with Crippen molar-refractivity contribution < 1.29 is 25.2 Å². The molecule has 1 aliphatic heterocycles. The summed E-state index contributed by atoms with van der Waals surface area (Å²) >= 11 is 1.20. The van der Waals surface area contributed by atoms with E-state index in [-0.39, 0.29) is 12.4 Å². The molecule has 6 nitrogen and oxygen atoms in total. The van der Waals surface area contributed by atoms with Gasteiger partial charge in [-0.25, -0.2) is 0 Å². The lowest BCUT2D eigenvalue weighted by Crippen LogP contribution is -2.57. The maximum Gasteiger partial charge on any atom is 0.136 e. The highest BCUT2D eigenvalue weighted by molar-refractivity contribution is 7.99. The molecule has 8 heteroatoms. The topological polar surface area (TPSA) is 116 Å². The van der Waals surface area contributed by atoms with E-state index >= 15 is 0 Å². The lowest BCUT2D eigenvalue weighted by atomic mass is 10.0. The Bertz CT molecular complexity index is 419. The Kier molecular flexibility index (Phi) is 6.53. The first-order valence-electron chi connectivity index (χ1n) is 5.85. The molecule has 0 aliphatic carbocycles. The summed E-state index contributed by atoms with van der Waals surface area (Å²) in [6.45, 7) is -0.427. The number of nitrogen functional groups attached to an aromatic ring is 1. The van der Waals surface area contributed by atoms with E-state index in [2.05, 4.69) is 0 Å². The minimum Gasteiger partial charge on any atom is -0.399 e. The first kappa shape index (κ1) is 17.5. The van der Waals surface area contributed by atoms with E-state index in [4.69, 9.17) is 15.6 Å². The summed E-state index contributed by atoms with van der Waals surface area (Å²) in [5.41, 5.74) is 5.43. The normalized spacial score (nSPS) is 33.5. The number of halogens is 1. The van der Waals surface area contributed by atoms with Gasteiger partial charge in [-0.3, -0.25) is 0 Å². The number of anilines is 1. The van der Waals surface area contributed by atoms with Crippen molar-refractivity contribution in [3.8, 4) is 0 Å². The number of benzene rings is 1. The van der Waals surface area contributed by atoms with Gasteiger partial charge in [-0.15, -0.1) is 12.4 Å². The standard InChI is InChI=1S/C12H17NO5S.ClH/c13-6-1-3-7(4-2-6)19-12-11(17)10(16)9(15)8(5-14)18-12;/h1-4,8-12,14-17H,5,13H2;1H/t8?,9-,10-,11?,12+;/m1./s1. The average molecular weight is 324 g/mol. The molecule has 0 saturated carbocycles. The molecule has 1 aromatic rings. The Morgan fingerprint density at radius 2 is 1.65 bits per heavy atom. The van der Waals surface area contributed by atoms with E-state index in [1.54, 1.807) is 24.3 Å². The lowest BCUT2D eigenvalue weighted by molar-refractivity contribution is -0.205. The van der Waals surface area contributed by atoms with Gasteiger partial charge >= 0.3 is 0 Å². The Hall–Kier alpha value is -0.540. The van der Waals surface area contributed by atoms with Gasteiger partial charge in [-0.2, -0.15) is 0 Å². The van der Waals surface area contributed by atoms with Crippen LogP contribution in [0.3, 0.4) is 0 Å². The fraction of sp³-hybridized carbons (Fsp3) is 0.500. The molecule has 5 atom stereocenters. The first-order chi connectivity index (χ1) is 9.02. The zero-order chi connectivity index (χ0) is 14.0. The second-order valence-electron chi connectivity index (χ2n) is 4.38. The number of rotatable bonds is 3. The van der Waals surface area contributed by atoms with Crippen LogP contribution in [0.2, 0.25) is 0 Å². The van der Waals surface area contributed by atoms with Gasteiger partial charge in [0.1, 0.15) is 29.9 Å². The maximum absolute atomic E-state index is 9.87. The molecular formula is C12H18ClNO5S. The van der Waals surface area contributed by atoms with Crippen LogP contribution in [0.4, 0.5) is 5.69 Å². The van der Waals surface area contributed by atoms with Crippen LogP contribution < -0.4 is 5.73 Å². The largest absolute Gasteiger partial charge is 0.399 e. The van der Waals surface area contributed by atoms with Gasteiger partial charge in [0, 0.05) is 10.6 Å². The van der Waals surface area contributed by atoms with Crippen molar-refractivity contribution in [1.82, 2.24) is 0 Å². The molecule has 2 unspecified atom stereocenters. The number of hydrogen-bond donors (Lipinski definition) is 5. The van der Waals surface area contributed by atoms with Gasteiger partial charge < -0.3 is 30.9 Å². The van der Waals surface area contributed by atoms with Gasteiger partial charge in [-0.1, -0.05) is 11.8 Å². The highest BCUT2D eigenvalue weighted by atomic mass is 35.5. The number of ether oxygens (including phenoxy) is 1. The molecule has 1 fully saturated rings. The summed E-state index contributed by atoms with van der Waals surface area (Å²) in [6.07, 6.45) is -4.80. The van der Waals surface area contributed by atoms with Gasteiger partial charge in [0.15, 0.2) is 0 Å². The number of nitrogens with two attached hydrogens (primary N) is 1. The van der Waals surface area contributed by atoms with Crippen molar-refractivity contribution in [2.45, 2.75) is 34.7 Å². The third-order valence-corrected chi connectivity index (χ3v) is 4.15. The molecular weight excluding hydrogens is 306 g/mol. The molecule has 1 saturated heterocycles. The molecule has 2 rings (SSSR count). The molecule has 0 bridgehead atoms. The quantitative estimate of drug-likeness (QED) is 0.480. The fourth-order valence-electron chi connectivity index (χ4n) is 1.85. The first-order valence-corrected chi connectivity index (χ1v) is 6.73. The van der Waals surface area contributed by atoms with Crippen LogP contribution in [0.1, 0.15) is 0 Å². The molecule has 6 N–H and O–H groups in total. The predicted molar refractivity (Wildman–Crippen MR) is 77.7 cm³/mol. The summed E-state index contributed by atoms with van der Waals surface area (Å²) in [4.78, 5) is 0.804. The number of aliphatic hydroxyl groups excluding tert-OH is 4. The number of thioether (sulfide) groups is 1. The molecule has 0 amide bonds. The summed E-state index contributed by atoms with van der Waals surface area (Å²) in [7, 11) is 0. The van der Waals surface area contributed by atoms with Gasteiger partial charge in [-0.05, 0) is 24.3 Å². The fourth-order valence-corrected chi connectivity index (χ4v) is 2.91. The minimum atomic E-state index is -1.35. The van der Waals surface area contributed by atoms with Crippen molar-refractivity contribution >= 4 is 29.9 Å². The van der Waals surface area contributed by atoms with E-state index in [9.17, 15) is 15.3 Å². The van der Waals surface area contributed by atoms with Gasteiger partial charge in [0.25, 0.3) is 0 Å². The maximum atomic E-state index is 9.87. The van der Waals surface area contributed by atoms with Crippen LogP contribution in [-0.2, 0) is 4.74 Å². The predicted octanol–water partition coefficient (Wildman–Crippen LogP) is -0.417. The summed E-state index contributed by atoms with van der Waals surface area (Å²) in [5, 5.41) is 38.3. The van der Waals surface area contributed by atoms with Crippen molar-refractivity contribution in [2.75, 3.05) is 12.3 Å². The van der Waals surface area contributed by atoms with Crippen molar-refractivity contribution in [3.63, 3.8) is 0 Å². The van der Waals surface area contributed by atoms with Gasteiger partial charge in [0.2, 0.25) is 0 Å². The highest BCUT2D eigenvalue weighted by Crippen LogP contribution is 2.33. The van der Waals surface area contributed by atoms with Crippen molar-refractivity contribution in [3.05, 3.63) is 24.3 Å². The van der Waals surface area contributed by atoms with Crippen LogP contribution in [-0.4, -0.2) is 56.9 Å². The Labute approximate surface area is 127 Å². The van der Waals surface area contributed by atoms with Crippen molar-refractivity contribution in [2.24, 2.45) is 0 Å². The Morgan fingerprint density at radius 3 is 2.20 bits per heavy atom. The molecule has 1 heterocycles. The van der Waals surface area contributed by atoms with Crippen LogP contribution in [0.15, 0.2) is 29.2 Å². The summed E-state index contributed by atoms with van der Waals surface area (Å²) < 4.78 is 5.39. The summed E-state index contributed by atoms with van der Waals surface area (Å²) in [5.74, 6) is 0. The second kappa shape index (κ2) is 7.46. The molecule has 0 spiro atoms. The summed E-state index contributed by atoms with van der Waals surface area (Å²) in [6, 6.07) is 6.96. The van der Waals surface area contributed by atoms with Crippen LogP contribution in [0, 0.1) is 0 Å². The highest BCUT2D eigenvalue weighted by Gasteiger charge is 2.43. The lowest BCUT2D eigenvalue weighted by Gasteiger charge is -2.39. The van der Waals surface area contributed by atoms with Crippen LogP contribution in [0.5, 0.6) is 0 Å². The Balaban J connectivity index is 0.00000200. The van der Waals surface area contributed by atoms with E-state index in [0.29, 0.717) is 5.69 Å². The average Bonchev–Trinajstić information content (AvgIpc) is 2.42. The van der Waals surface area contributed by atoms with E-state index in [1.807, 2.05) is 0 Å². The molecule has 1 aromatic carbocycles. The molecule has 0 aromatic heterocycles. The smallest absolute Gasteiger partial charge is 0.136 e. The zero-order valence-corrected chi connectivity index (χ0v) is 12.1. The zero-order valence-electron chi connectivity index (χ0n) is 10.5. The molecule has 114 valence electrons.